The molecule has 0 amide bonds. The van der Waals surface area contributed by atoms with Crippen molar-refractivity contribution in [1.82, 2.24) is 15.2 Å². The second-order valence-electron chi connectivity index (χ2n) is 4.12. The molecule has 17 heavy (non-hydrogen) atoms. The van der Waals surface area contributed by atoms with E-state index in [2.05, 4.69) is 33.4 Å². The van der Waals surface area contributed by atoms with Crippen molar-refractivity contribution in [3.8, 4) is 0 Å². The number of hydrogen-bond acceptors (Lipinski definition) is 2. The molecule has 0 unspecified atom stereocenters. The van der Waals surface area contributed by atoms with Crippen LogP contribution < -0.4 is 0 Å². The average molecular weight is 219 g/mol. The zero-order chi connectivity index (χ0) is 11.2. The summed E-state index contributed by atoms with van der Waals surface area (Å²) in [5.74, 6) is 0. The Morgan fingerprint density at radius 3 is 2.82 bits per heavy atom. The first-order valence-electron chi connectivity index (χ1n) is 5.53. The molecule has 4 rings (SSSR count). The first kappa shape index (κ1) is 8.70. The van der Waals surface area contributed by atoms with E-state index in [4.69, 9.17) is 0 Å². The van der Waals surface area contributed by atoms with Crippen LogP contribution >= 0.6 is 0 Å². The van der Waals surface area contributed by atoms with E-state index < -0.39 is 0 Å². The van der Waals surface area contributed by atoms with E-state index >= 15 is 0 Å². The molecule has 80 valence electrons. The molecule has 2 aromatic heterocycles. The number of aromatic amines is 1. The van der Waals surface area contributed by atoms with Crippen molar-refractivity contribution in [2.75, 3.05) is 0 Å². The lowest BCUT2D eigenvalue weighted by molar-refractivity contribution is 1.05. The van der Waals surface area contributed by atoms with Crippen molar-refractivity contribution in [2.24, 2.45) is 0 Å². The smallest absolute Gasteiger partial charge is 0.0723 e. The standard InChI is InChI=1S/C14H9N3/c1-2-4-12-10(3-1)14-11-8-16-15-7-9(11)5-6-13(14)17-12/h1-8,16H. The molecule has 0 saturated heterocycles. The summed E-state index contributed by atoms with van der Waals surface area (Å²) in [6.07, 6.45) is 3.78. The second kappa shape index (κ2) is 3.04. The van der Waals surface area contributed by atoms with Crippen LogP contribution in [0, 0.1) is 0 Å². The van der Waals surface area contributed by atoms with Crippen molar-refractivity contribution in [2.45, 2.75) is 0 Å². The largest absolute Gasteiger partial charge is 0.285 e. The molecule has 3 heteroatoms. The summed E-state index contributed by atoms with van der Waals surface area (Å²) in [5, 5.41) is 11.7. The minimum atomic E-state index is 1.04. The van der Waals surface area contributed by atoms with Gasteiger partial charge in [0.2, 0.25) is 0 Å². The van der Waals surface area contributed by atoms with E-state index in [0.29, 0.717) is 0 Å². The molecule has 0 aliphatic heterocycles. The number of rotatable bonds is 0. The van der Waals surface area contributed by atoms with E-state index in [-0.39, 0.29) is 0 Å². The van der Waals surface area contributed by atoms with Crippen LogP contribution in [0.3, 0.4) is 0 Å². The molecule has 0 spiro atoms. The number of benzene rings is 2. The van der Waals surface area contributed by atoms with Gasteiger partial charge in [0.1, 0.15) is 0 Å². The molecule has 0 saturated carbocycles. The Balaban J connectivity index is 2.38. The first-order valence-corrected chi connectivity index (χ1v) is 5.53. The van der Waals surface area contributed by atoms with Crippen LogP contribution in [0.15, 0.2) is 48.8 Å². The number of nitrogens with zero attached hydrogens (tertiary/aromatic N) is 2. The van der Waals surface area contributed by atoms with Crippen molar-refractivity contribution < 1.29 is 0 Å². The van der Waals surface area contributed by atoms with Gasteiger partial charge in [-0.25, -0.2) is 4.98 Å². The second-order valence-corrected chi connectivity index (χ2v) is 4.12. The molecule has 1 N–H and O–H groups in total. The van der Waals surface area contributed by atoms with Crippen molar-refractivity contribution in [1.29, 1.82) is 0 Å². The fourth-order valence-corrected chi connectivity index (χ4v) is 2.39. The van der Waals surface area contributed by atoms with Crippen molar-refractivity contribution in [3.63, 3.8) is 0 Å². The monoisotopic (exact) mass is 219 g/mol. The minimum absolute atomic E-state index is 1.04. The summed E-state index contributed by atoms with van der Waals surface area (Å²) in [4.78, 5) is 4.63. The van der Waals surface area contributed by atoms with Gasteiger partial charge in [-0.2, -0.15) is 5.10 Å². The zero-order valence-electron chi connectivity index (χ0n) is 9.01. The van der Waals surface area contributed by atoms with Crippen LogP contribution in [0.1, 0.15) is 0 Å². The molecule has 0 aliphatic carbocycles. The Morgan fingerprint density at radius 1 is 0.882 bits per heavy atom. The van der Waals surface area contributed by atoms with Crippen LogP contribution in [-0.4, -0.2) is 15.2 Å². The Morgan fingerprint density at radius 2 is 1.82 bits per heavy atom. The highest BCUT2D eigenvalue weighted by Gasteiger charge is 2.08. The van der Waals surface area contributed by atoms with E-state index in [0.717, 1.165) is 16.4 Å². The van der Waals surface area contributed by atoms with E-state index in [1.165, 1.54) is 16.2 Å². The summed E-state index contributed by atoms with van der Waals surface area (Å²) in [5.41, 5.74) is 2.09. The predicted octanol–water partition coefficient (Wildman–Crippen LogP) is 3.26. The third-order valence-corrected chi connectivity index (χ3v) is 3.16. The van der Waals surface area contributed by atoms with Crippen molar-refractivity contribution in [3.05, 3.63) is 48.8 Å². The molecule has 4 aromatic rings. The van der Waals surface area contributed by atoms with Crippen LogP contribution in [0.2, 0.25) is 0 Å². The molecule has 2 heterocycles. The lowest BCUT2D eigenvalue weighted by Gasteiger charge is -1.98. The van der Waals surface area contributed by atoms with Gasteiger partial charge in [-0.3, -0.25) is 5.10 Å². The highest BCUT2D eigenvalue weighted by molar-refractivity contribution is 6.19. The highest BCUT2D eigenvalue weighted by Crippen LogP contribution is 2.30. The summed E-state index contributed by atoms with van der Waals surface area (Å²) in [6.45, 7) is 0. The third-order valence-electron chi connectivity index (χ3n) is 3.16. The Labute approximate surface area is 97.1 Å². The van der Waals surface area contributed by atoms with E-state index in [1.807, 2.05) is 30.6 Å². The molecule has 0 aliphatic rings. The number of nitrogens with one attached hydrogen (secondary N) is 1. The van der Waals surface area contributed by atoms with Crippen LogP contribution in [0.5, 0.6) is 0 Å². The van der Waals surface area contributed by atoms with Crippen molar-refractivity contribution >= 4 is 32.6 Å². The maximum absolute atomic E-state index is 4.63. The quantitative estimate of drug-likeness (QED) is 0.493. The van der Waals surface area contributed by atoms with Crippen LogP contribution in [-0.2, 0) is 0 Å². The predicted molar refractivity (Wildman–Crippen MR) is 68.9 cm³/mol. The fraction of sp³-hybridized carbons (Fsp3) is 0. The Hall–Kier alpha value is -2.42. The number of fused-ring (bicyclic) bond motifs is 5. The zero-order valence-corrected chi connectivity index (χ0v) is 9.01. The Bertz CT molecular complexity index is 840. The third kappa shape index (κ3) is 1.11. The SMILES string of the molecule is c1ccc2c(c1)nc1ccc3cn[nH]cc3c12. The molecular weight excluding hydrogens is 210 g/mol. The lowest BCUT2D eigenvalue weighted by Crippen LogP contribution is -1.80. The van der Waals surface area contributed by atoms with Gasteiger partial charge in [-0.15, -0.1) is 0 Å². The molecule has 2 aromatic carbocycles. The minimum Gasteiger partial charge on any atom is -0.285 e. The van der Waals surface area contributed by atoms with Gasteiger partial charge in [0, 0.05) is 27.7 Å². The van der Waals surface area contributed by atoms with Gasteiger partial charge in [-0.05, 0) is 12.1 Å². The molecule has 0 atom stereocenters. The molecular formula is C14H9N3. The molecule has 3 nitrogen and oxygen atoms in total. The summed E-state index contributed by atoms with van der Waals surface area (Å²) in [7, 11) is 0. The van der Waals surface area contributed by atoms with Gasteiger partial charge >= 0.3 is 0 Å². The van der Waals surface area contributed by atoms with Gasteiger partial charge in [0.25, 0.3) is 0 Å². The number of aromatic nitrogens is 3. The molecule has 0 radical (unpaired) electrons. The summed E-state index contributed by atoms with van der Waals surface area (Å²) in [6, 6.07) is 12.3. The molecule has 0 fully saturated rings. The van der Waals surface area contributed by atoms with E-state index in [1.54, 1.807) is 0 Å². The number of hydrogen-bond donors (Lipinski definition) is 1. The lowest BCUT2D eigenvalue weighted by atomic mass is 10.1. The normalized spacial score (nSPS) is 11.5. The first-order chi connectivity index (χ1) is 8.43. The van der Waals surface area contributed by atoms with Crippen LogP contribution in [0.4, 0.5) is 0 Å². The maximum atomic E-state index is 4.63. The topological polar surface area (TPSA) is 41.6 Å². The van der Waals surface area contributed by atoms with Gasteiger partial charge in [0.15, 0.2) is 0 Å². The summed E-state index contributed by atoms with van der Waals surface area (Å²) < 4.78 is 0. The van der Waals surface area contributed by atoms with Gasteiger partial charge < -0.3 is 0 Å². The van der Waals surface area contributed by atoms with Crippen LogP contribution in [0.25, 0.3) is 32.6 Å². The van der Waals surface area contributed by atoms with Gasteiger partial charge in [-0.1, -0.05) is 24.3 Å². The number of H-pyrrole nitrogens is 1. The number of para-hydroxylation sites is 1. The van der Waals surface area contributed by atoms with E-state index in [9.17, 15) is 0 Å². The van der Waals surface area contributed by atoms with Gasteiger partial charge in [0.05, 0.1) is 17.2 Å². The molecule has 0 bridgehead atoms. The maximum Gasteiger partial charge on any atom is 0.0723 e. The summed E-state index contributed by atoms with van der Waals surface area (Å²) >= 11 is 0. The fourth-order valence-electron chi connectivity index (χ4n) is 2.39. The highest BCUT2D eigenvalue weighted by atomic mass is 15.1. The average Bonchev–Trinajstić information content (AvgIpc) is 2.77. The Kier molecular flexibility index (Phi) is 1.56.